The number of halogens is 2. The Kier molecular flexibility index (Phi) is 4.68. The van der Waals surface area contributed by atoms with Gasteiger partial charge in [-0.05, 0) is 37.0 Å². The van der Waals surface area contributed by atoms with Crippen LogP contribution in [0.5, 0.6) is 0 Å². The molecule has 20 heavy (non-hydrogen) atoms. The van der Waals surface area contributed by atoms with Gasteiger partial charge in [0.15, 0.2) is 0 Å². The summed E-state index contributed by atoms with van der Waals surface area (Å²) in [6.07, 6.45) is 10.3. The van der Waals surface area contributed by atoms with Crippen LogP contribution < -0.4 is 0 Å². The molecule has 0 fully saturated rings. The molecule has 1 aromatic rings. The van der Waals surface area contributed by atoms with Crippen molar-refractivity contribution in [3.63, 3.8) is 0 Å². The van der Waals surface area contributed by atoms with Crippen molar-refractivity contribution in [2.45, 2.75) is 38.5 Å². The highest BCUT2D eigenvalue weighted by Crippen LogP contribution is 2.30. The van der Waals surface area contributed by atoms with Crippen molar-refractivity contribution in [3.05, 3.63) is 58.7 Å². The molecule has 0 spiro atoms. The Labute approximate surface area is 118 Å². The van der Waals surface area contributed by atoms with Crippen LogP contribution >= 0.6 is 0 Å². The molecule has 1 nitrogen and oxygen atoms in total. The van der Waals surface area contributed by atoms with Crippen LogP contribution in [0.1, 0.15) is 49.7 Å². The predicted octanol–water partition coefficient (Wildman–Crippen LogP) is 5.00. The monoisotopic (exact) mass is 273 g/mol. The normalized spacial score (nSPS) is 17.7. The molecule has 0 saturated heterocycles. The number of hydrogen-bond acceptors (Lipinski definition) is 1. The van der Waals surface area contributed by atoms with E-state index in [0.717, 1.165) is 25.7 Å². The minimum Gasteiger partial charge on any atom is -0.205 e. The van der Waals surface area contributed by atoms with E-state index in [1.807, 2.05) is 12.2 Å². The molecule has 1 aliphatic rings. The lowest BCUT2D eigenvalue weighted by Gasteiger charge is -2.17. The fraction of sp³-hybridized carbons (Fsp3) is 0.353. The Morgan fingerprint density at radius 1 is 1.30 bits per heavy atom. The molecule has 1 aliphatic carbocycles. The van der Waals surface area contributed by atoms with Crippen molar-refractivity contribution in [2.24, 2.45) is 0 Å². The number of unbranched alkanes of at least 4 members (excludes halogenated alkanes) is 1. The average molecular weight is 273 g/mol. The quantitative estimate of drug-likeness (QED) is 0.757. The number of nitriles is 1. The molecular formula is C17H17F2N. The molecule has 0 amide bonds. The molecule has 1 atom stereocenters. The number of benzene rings is 1. The molecule has 0 saturated carbocycles. The zero-order chi connectivity index (χ0) is 14.5. The van der Waals surface area contributed by atoms with Gasteiger partial charge in [0.2, 0.25) is 0 Å². The third-order valence-corrected chi connectivity index (χ3v) is 3.60. The lowest BCUT2D eigenvalue weighted by Crippen LogP contribution is -2.02. The first kappa shape index (κ1) is 14.5. The first-order chi connectivity index (χ1) is 9.65. The average Bonchev–Trinajstić information content (AvgIpc) is 2.45. The number of hydrogen-bond donors (Lipinski definition) is 0. The predicted molar refractivity (Wildman–Crippen MR) is 75.2 cm³/mol. The molecule has 0 radical (unpaired) electrons. The smallest absolute Gasteiger partial charge is 0.144 e. The summed E-state index contributed by atoms with van der Waals surface area (Å²) in [4.78, 5) is 0. The van der Waals surface area contributed by atoms with Gasteiger partial charge >= 0.3 is 0 Å². The minimum absolute atomic E-state index is 0.0166. The largest absolute Gasteiger partial charge is 0.205 e. The minimum atomic E-state index is -0.781. The highest BCUT2D eigenvalue weighted by atomic mass is 19.1. The van der Waals surface area contributed by atoms with Gasteiger partial charge in [0.1, 0.15) is 23.3 Å². The van der Waals surface area contributed by atoms with E-state index in [-0.39, 0.29) is 5.92 Å². The van der Waals surface area contributed by atoms with Gasteiger partial charge in [0.25, 0.3) is 0 Å². The summed E-state index contributed by atoms with van der Waals surface area (Å²) in [6.45, 7) is 2.15. The van der Waals surface area contributed by atoms with Gasteiger partial charge < -0.3 is 0 Å². The molecule has 3 heteroatoms. The summed E-state index contributed by atoms with van der Waals surface area (Å²) in [6, 6.07) is 4.07. The third-order valence-electron chi connectivity index (χ3n) is 3.60. The van der Waals surface area contributed by atoms with Crippen LogP contribution in [0.15, 0.2) is 35.9 Å². The highest BCUT2D eigenvalue weighted by Gasteiger charge is 2.16. The second-order valence-corrected chi connectivity index (χ2v) is 5.06. The van der Waals surface area contributed by atoms with Crippen molar-refractivity contribution < 1.29 is 8.78 Å². The van der Waals surface area contributed by atoms with E-state index in [9.17, 15) is 8.78 Å². The van der Waals surface area contributed by atoms with Gasteiger partial charge in [-0.15, -0.1) is 0 Å². The summed E-state index contributed by atoms with van der Waals surface area (Å²) >= 11 is 0. The van der Waals surface area contributed by atoms with Gasteiger partial charge in [0.05, 0.1) is 0 Å². The van der Waals surface area contributed by atoms with Crippen LogP contribution in [0.25, 0.3) is 0 Å². The van der Waals surface area contributed by atoms with E-state index in [4.69, 9.17) is 5.26 Å². The fourth-order valence-corrected chi connectivity index (χ4v) is 2.39. The molecule has 1 aromatic carbocycles. The molecule has 104 valence electrons. The first-order valence-corrected chi connectivity index (χ1v) is 6.92. The van der Waals surface area contributed by atoms with E-state index in [1.54, 1.807) is 6.07 Å². The molecule has 0 N–H and O–H groups in total. The Morgan fingerprint density at radius 3 is 2.50 bits per heavy atom. The van der Waals surface area contributed by atoms with Gasteiger partial charge in [-0.1, -0.05) is 37.1 Å². The van der Waals surface area contributed by atoms with E-state index in [1.165, 1.54) is 17.7 Å². The zero-order valence-electron chi connectivity index (χ0n) is 11.5. The number of nitrogens with zero attached hydrogens (tertiary/aromatic N) is 1. The van der Waals surface area contributed by atoms with Gasteiger partial charge in [-0.25, -0.2) is 8.78 Å². The Bertz CT molecular complexity index is 570. The van der Waals surface area contributed by atoms with Gasteiger partial charge in [-0.2, -0.15) is 5.26 Å². The van der Waals surface area contributed by atoms with Crippen LogP contribution in [-0.4, -0.2) is 0 Å². The van der Waals surface area contributed by atoms with E-state index >= 15 is 0 Å². The summed E-state index contributed by atoms with van der Waals surface area (Å²) in [5, 5.41) is 8.66. The second kappa shape index (κ2) is 6.47. The molecule has 1 unspecified atom stereocenters. The van der Waals surface area contributed by atoms with Crippen LogP contribution in [-0.2, 0) is 0 Å². The van der Waals surface area contributed by atoms with E-state index in [0.29, 0.717) is 5.56 Å². The molecule has 0 aromatic heterocycles. The standard InChI is InChI=1S/C17H17F2N/c1-2-3-4-12-5-7-13(8-6-12)14-9-16(18)15(11-20)17(19)10-14/h5-7,9-10,13H,2-4,8H2,1H3. The number of allylic oxidation sites excluding steroid dienone is 4. The first-order valence-electron chi connectivity index (χ1n) is 6.92. The SMILES string of the molecule is CCCCC1=CCC(c2cc(F)c(C#N)c(F)c2)C=C1. The Hall–Kier alpha value is -1.95. The molecular weight excluding hydrogens is 256 g/mol. The fourth-order valence-electron chi connectivity index (χ4n) is 2.39. The van der Waals surface area contributed by atoms with Crippen LogP contribution in [0.4, 0.5) is 8.78 Å². The van der Waals surface area contributed by atoms with E-state index in [2.05, 4.69) is 13.0 Å². The summed E-state index contributed by atoms with van der Waals surface area (Å²) in [7, 11) is 0. The Balaban J connectivity index is 2.14. The van der Waals surface area contributed by atoms with Crippen LogP contribution in [0.2, 0.25) is 0 Å². The maximum Gasteiger partial charge on any atom is 0.144 e. The maximum absolute atomic E-state index is 13.6. The van der Waals surface area contributed by atoms with Gasteiger partial charge in [-0.3, -0.25) is 0 Å². The topological polar surface area (TPSA) is 23.8 Å². The summed E-state index contributed by atoms with van der Waals surface area (Å²) in [5.74, 6) is -1.58. The van der Waals surface area contributed by atoms with Crippen molar-refractivity contribution in [2.75, 3.05) is 0 Å². The molecule has 0 bridgehead atoms. The van der Waals surface area contributed by atoms with E-state index < -0.39 is 17.2 Å². The number of rotatable bonds is 4. The molecule has 0 heterocycles. The Morgan fingerprint density at radius 2 is 2.00 bits per heavy atom. The molecule has 0 aliphatic heterocycles. The third kappa shape index (κ3) is 3.14. The molecule has 2 rings (SSSR count). The van der Waals surface area contributed by atoms with Crippen molar-refractivity contribution >= 4 is 0 Å². The zero-order valence-corrected chi connectivity index (χ0v) is 11.5. The lowest BCUT2D eigenvalue weighted by molar-refractivity contribution is 0.571. The van der Waals surface area contributed by atoms with Crippen molar-refractivity contribution in [3.8, 4) is 6.07 Å². The van der Waals surface area contributed by atoms with Crippen molar-refractivity contribution in [1.29, 1.82) is 5.26 Å². The van der Waals surface area contributed by atoms with Crippen LogP contribution in [0, 0.1) is 23.0 Å². The van der Waals surface area contributed by atoms with Crippen LogP contribution in [0.3, 0.4) is 0 Å². The summed E-state index contributed by atoms with van der Waals surface area (Å²) in [5.41, 5.74) is 1.37. The maximum atomic E-state index is 13.6. The highest BCUT2D eigenvalue weighted by molar-refractivity contribution is 5.39. The second-order valence-electron chi connectivity index (χ2n) is 5.06. The van der Waals surface area contributed by atoms with Gasteiger partial charge in [0, 0.05) is 5.92 Å². The van der Waals surface area contributed by atoms with Crippen molar-refractivity contribution in [1.82, 2.24) is 0 Å². The lowest BCUT2D eigenvalue weighted by atomic mass is 9.88. The summed E-state index contributed by atoms with van der Waals surface area (Å²) < 4.78 is 27.2.